The van der Waals surface area contributed by atoms with Crippen molar-refractivity contribution in [2.45, 2.75) is 40.7 Å². The molecular weight excluding hydrogens is 300 g/mol. The molecule has 0 saturated carbocycles. The van der Waals surface area contributed by atoms with Crippen molar-refractivity contribution in [1.82, 2.24) is 4.90 Å². The van der Waals surface area contributed by atoms with Gasteiger partial charge in [0.2, 0.25) is 0 Å². The number of hydrogen-bond donors (Lipinski definition) is 1. The van der Waals surface area contributed by atoms with Gasteiger partial charge in [0, 0.05) is 17.6 Å². The van der Waals surface area contributed by atoms with Gasteiger partial charge in [0.1, 0.15) is 0 Å². The van der Waals surface area contributed by atoms with Gasteiger partial charge in [-0.2, -0.15) is 0 Å². The van der Waals surface area contributed by atoms with Gasteiger partial charge in [-0.05, 0) is 49.0 Å². The summed E-state index contributed by atoms with van der Waals surface area (Å²) >= 11 is 3.67. The van der Waals surface area contributed by atoms with Crippen LogP contribution in [0.5, 0.6) is 0 Å². The van der Waals surface area contributed by atoms with E-state index in [-0.39, 0.29) is 5.41 Å². The van der Waals surface area contributed by atoms with Gasteiger partial charge in [-0.1, -0.05) is 48.8 Å². The molecule has 0 heterocycles. The Hall–Kier alpha value is -0.380. The first-order valence-electron chi connectivity index (χ1n) is 7.05. The van der Waals surface area contributed by atoms with Gasteiger partial charge >= 0.3 is 0 Å². The van der Waals surface area contributed by atoms with Crippen molar-refractivity contribution in [2.75, 3.05) is 19.6 Å². The van der Waals surface area contributed by atoms with Crippen LogP contribution in [0.15, 0.2) is 22.7 Å². The standard InChI is InChI=1S/C16H27BrN2/c1-5-8-19(12-16(3,4)11-18)10-14-7-6-13(2)9-15(14)17/h6-7,9H,5,8,10-12,18H2,1-4H3. The molecule has 0 spiro atoms. The van der Waals surface area contributed by atoms with Crippen LogP contribution in [-0.2, 0) is 6.54 Å². The molecule has 0 fully saturated rings. The van der Waals surface area contributed by atoms with E-state index in [1.807, 2.05) is 0 Å². The lowest BCUT2D eigenvalue weighted by Gasteiger charge is -2.32. The Labute approximate surface area is 126 Å². The summed E-state index contributed by atoms with van der Waals surface area (Å²) in [6, 6.07) is 6.59. The van der Waals surface area contributed by atoms with Crippen LogP contribution in [0.2, 0.25) is 0 Å². The highest BCUT2D eigenvalue weighted by atomic mass is 79.9. The third-order valence-corrected chi connectivity index (χ3v) is 4.08. The number of rotatable bonds is 7. The molecule has 0 radical (unpaired) electrons. The first kappa shape index (κ1) is 16.7. The van der Waals surface area contributed by atoms with Gasteiger partial charge in [-0.15, -0.1) is 0 Å². The first-order valence-corrected chi connectivity index (χ1v) is 7.84. The summed E-state index contributed by atoms with van der Waals surface area (Å²) in [6.07, 6.45) is 1.17. The van der Waals surface area contributed by atoms with E-state index in [4.69, 9.17) is 5.73 Å². The maximum absolute atomic E-state index is 5.86. The third-order valence-electron chi connectivity index (χ3n) is 3.35. The average Bonchev–Trinajstić information content (AvgIpc) is 2.32. The number of halogens is 1. The second-order valence-electron chi connectivity index (χ2n) is 6.17. The molecule has 0 aliphatic heterocycles. The Kier molecular flexibility index (Phi) is 6.51. The zero-order valence-corrected chi connectivity index (χ0v) is 14.3. The number of benzene rings is 1. The van der Waals surface area contributed by atoms with Crippen molar-refractivity contribution in [3.05, 3.63) is 33.8 Å². The molecule has 0 unspecified atom stereocenters. The van der Waals surface area contributed by atoms with E-state index in [1.165, 1.54) is 22.0 Å². The van der Waals surface area contributed by atoms with E-state index in [2.05, 4.69) is 66.7 Å². The van der Waals surface area contributed by atoms with E-state index < -0.39 is 0 Å². The Bertz CT molecular complexity index is 402. The average molecular weight is 327 g/mol. The van der Waals surface area contributed by atoms with Crippen LogP contribution in [0, 0.1) is 12.3 Å². The van der Waals surface area contributed by atoms with Gasteiger partial charge in [0.25, 0.3) is 0 Å². The fourth-order valence-electron chi connectivity index (χ4n) is 2.22. The molecule has 3 heteroatoms. The minimum atomic E-state index is 0.173. The molecule has 0 saturated heterocycles. The van der Waals surface area contributed by atoms with Crippen molar-refractivity contribution >= 4 is 15.9 Å². The summed E-state index contributed by atoms with van der Waals surface area (Å²) in [5, 5.41) is 0. The molecule has 1 aromatic carbocycles. The Morgan fingerprint density at radius 1 is 1.32 bits per heavy atom. The zero-order chi connectivity index (χ0) is 14.5. The molecule has 1 aromatic rings. The van der Waals surface area contributed by atoms with Crippen LogP contribution in [0.3, 0.4) is 0 Å². The van der Waals surface area contributed by atoms with Gasteiger partial charge in [-0.25, -0.2) is 0 Å². The molecule has 0 aromatic heterocycles. The van der Waals surface area contributed by atoms with Crippen LogP contribution < -0.4 is 5.73 Å². The highest BCUT2D eigenvalue weighted by Crippen LogP contribution is 2.22. The normalized spacial score (nSPS) is 12.2. The maximum atomic E-state index is 5.86. The zero-order valence-electron chi connectivity index (χ0n) is 12.7. The third kappa shape index (κ3) is 5.64. The SMILES string of the molecule is CCCN(Cc1ccc(C)cc1Br)CC(C)(C)CN. The molecule has 2 nitrogen and oxygen atoms in total. The van der Waals surface area contributed by atoms with Gasteiger partial charge < -0.3 is 5.73 Å². The molecule has 19 heavy (non-hydrogen) atoms. The summed E-state index contributed by atoms with van der Waals surface area (Å²) in [5.74, 6) is 0. The van der Waals surface area contributed by atoms with Crippen LogP contribution in [-0.4, -0.2) is 24.5 Å². The number of nitrogens with two attached hydrogens (primary N) is 1. The van der Waals surface area contributed by atoms with Crippen molar-refractivity contribution in [3.8, 4) is 0 Å². The molecule has 2 N–H and O–H groups in total. The van der Waals surface area contributed by atoms with Crippen molar-refractivity contribution < 1.29 is 0 Å². The van der Waals surface area contributed by atoms with E-state index >= 15 is 0 Å². The molecule has 0 amide bonds. The molecule has 108 valence electrons. The van der Waals surface area contributed by atoms with E-state index in [1.54, 1.807) is 0 Å². The fraction of sp³-hybridized carbons (Fsp3) is 0.625. The Morgan fingerprint density at radius 2 is 2.00 bits per heavy atom. The smallest absolute Gasteiger partial charge is 0.0245 e. The Morgan fingerprint density at radius 3 is 2.53 bits per heavy atom. The lowest BCUT2D eigenvalue weighted by Crippen LogP contribution is -2.38. The summed E-state index contributed by atoms with van der Waals surface area (Å²) in [5.41, 5.74) is 8.68. The molecule has 0 bridgehead atoms. The van der Waals surface area contributed by atoms with Crippen LogP contribution >= 0.6 is 15.9 Å². The second-order valence-corrected chi connectivity index (χ2v) is 7.03. The largest absolute Gasteiger partial charge is 0.330 e. The van der Waals surface area contributed by atoms with E-state index in [9.17, 15) is 0 Å². The highest BCUT2D eigenvalue weighted by molar-refractivity contribution is 9.10. The lowest BCUT2D eigenvalue weighted by molar-refractivity contribution is 0.175. The van der Waals surface area contributed by atoms with E-state index in [0.29, 0.717) is 0 Å². The molecule has 0 atom stereocenters. The molecule has 1 rings (SSSR count). The molecule has 0 aliphatic carbocycles. The number of hydrogen-bond acceptors (Lipinski definition) is 2. The second kappa shape index (κ2) is 7.41. The highest BCUT2D eigenvalue weighted by Gasteiger charge is 2.20. The molecule has 0 aliphatic rings. The number of aryl methyl sites for hydroxylation is 1. The minimum absolute atomic E-state index is 0.173. The van der Waals surface area contributed by atoms with E-state index in [0.717, 1.165) is 26.2 Å². The van der Waals surface area contributed by atoms with Crippen LogP contribution in [0.1, 0.15) is 38.3 Å². The van der Waals surface area contributed by atoms with Crippen LogP contribution in [0.25, 0.3) is 0 Å². The van der Waals surface area contributed by atoms with Crippen molar-refractivity contribution in [2.24, 2.45) is 11.1 Å². The Balaban J connectivity index is 2.77. The predicted molar refractivity (Wildman–Crippen MR) is 87.3 cm³/mol. The number of nitrogens with zero attached hydrogens (tertiary/aromatic N) is 1. The summed E-state index contributed by atoms with van der Waals surface area (Å²) < 4.78 is 1.21. The van der Waals surface area contributed by atoms with Gasteiger partial charge in [0.05, 0.1) is 0 Å². The van der Waals surface area contributed by atoms with Gasteiger partial charge in [-0.3, -0.25) is 4.90 Å². The monoisotopic (exact) mass is 326 g/mol. The maximum Gasteiger partial charge on any atom is 0.0245 e. The topological polar surface area (TPSA) is 29.3 Å². The lowest BCUT2D eigenvalue weighted by atomic mass is 9.93. The summed E-state index contributed by atoms with van der Waals surface area (Å²) in [4.78, 5) is 2.50. The van der Waals surface area contributed by atoms with Crippen molar-refractivity contribution in [1.29, 1.82) is 0 Å². The fourth-order valence-corrected chi connectivity index (χ4v) is 2.84. The predicted octanol–water partition coefficient (Wildman–Crippen LogP) is 3.95. The van der Waals surface area contributed by atoms with Gasteiger partial charge in [0.15, 0.2) is 0 Å². The summed E-state index contributed by atoms with van der Waals surface area (Å²) in [7, 11) is 0. The first-order chi connectivity index (χ1) is 8.88. The van der Waals surface area contributed by atoms with Crippen LogP contribution in [0.4, 0.5) is 0 Å². The van der Waals surface area contributed by atoms with Crippen molar-refractivity contribution in [3.63, 3.8) is 0 Å². The minimum Gasteiger partial charge on any atom is -0.330 e. The molecular formula is C16H27BrN2. The quantitative estimate of drug-likeness (QED) is 0.821. The summed E-state index contributed by atoms with van der Waals surface area (Å²) in [6.45, 7) is 12.7.